The Morgan fingerprint density at radius 3 is 2.88 bits per heavy atom. The molecule has 0 unspecified atom stereocenters. The van der Waals surface area contributed by atoms with Crippen LogP contribution in [0.1, 0.15) is 12.8 Å². The van der Waals surface area contributed by atoms with E-state index < -0.39 is 10.8 Å². The van der Waals surface area contributed by atoms with E-state index in [2.05, 4.69) is 35.0 Å². The summed E-state index contributed by atoms with van der Waals surface area (Å²) >= 11 is 1.77. The molecule has 2 aromatic rings. The van der Waals surface area contributed by atoms with Gasteiger partial charge in [0.05, 0.1) is 0 Å². The molecule has 4 heteroatoms. The second-order valence-electron chi connectivity index (χ2n) is 4.44. The first-order valence-corrected chi connectivity index (χ1v) is 8.27. The lowest BCUT2D eigenvalue weighted by molar-refractivity contribution is 0.624. The third-order valence-corrected chi connectivity index (χ3v) is 5.49. The summed E-state index contributed by atoms with van der Waals surface area (Å²) in [4.78, 5) is 0. The molecule has 1 fully saturated rings. The fourth-order valence-corrected chi connectivity index (χ4v) is 4.30. The standard InChI is InChI=1S/C13H15NOS2/c15-17-7-4-11(5-8-17)14-12-1-2-13-10(9-12)3-6-16-13/h1-3,6,9,11,14H,4-5,7-8H2. The molecule has 1 aliphatic rings. The van der Waals surface area contributed by atoms with E-state index in [0.717, 1.165) is 24.3 Å². The van der Waals surface area contributed by atoms with E-state index in [1.165, 1.54) is 15.8 Å². The van der Waals surface area contributed by atoms with Gasteiger partial charge in [-0.25, -0.2) is 0 Å². The SMILES string of the molecule is O=S1CCC(Nc2ccc3sccc3c2)CC1. The van der Waals surface area contributed by atoms with Gasteiger partial charge in [0.2, 0.25) is 0 Å². The van der Waals surface area contributed by atoms with Gasteiger partial charge in [0.15, 0.2) is 0 Å². The van der Waals surface area contributed by atoms with Gasteiger partial charge in [0, 0.05) is 38.7 Å². The molecular weight excluding hydrogens is 250 g/mol. The monoisotopic (exact) mass is 265 g/mol. The van der Waals surface area contributed by atoms with Crippen LogP contribution in [0.5, 0.6) is 0 Å². The molecule has 1 N–H and O–H groups in total. The highest BCUT2D eigenvalue weighted by Crippen LogP contribution is 2.25. The second kappa shape index (κ2) is 4.78. The third-order valence-electron chi connectivity index (χ3n) is 3.21. The minimum atomic E-state index is -0.573. The fourth-order valence-electron chi connectivity index (χ4n) is 2.23. The van der Waals surface area contributed by atoms with Gasteiger partial charge in [-0.1, -0.05) is 0 Å². The van der Waals surface area contributed by atoms with Crippen LogP contribution in [-0.2, 0) is 10.8 Å². The number of anilines is 1. The van der Waals surface area contributed by atoms with Crippen LogP contribution in [0.15, 0.2) is 29.6 Å². The van der Waals surface area contributed by atoms with Crippen molar-refractivity contribution >= 4 is 37.9 Å². The molecule has 0 radical (unpaired) electrons. The van der Waals surface area contributed by atoms with E-state index >= 15 is 0 Å². The molecule has 0 saturated carbocycles. The number of benzene rings is 1. The van der Waals surface area contributed by atoms with Gasteiger partial charge in [0.1, 0.15) is 0 Å². The number of hydrogen-bond acceptors (Lipinski definition) is 3. The Labute approximate surface area is 107 Å². The van der Waals surface area contributed by atoms with Crippen LogP contribution in [0.3, 0.4) is 0 Å². The van der Waals surface area contributed by atoms with Gasteiger partial charge in [-0.3, -0.25) is 4.21 Å². The molecule has 0 atom stereocenters. The summed E-state index contributed by atoms with van der Waals surface area (Å²) < 4.78 is 12.6. The van der Waals surface area contributed by atoms with Crippen LogP contribution in [0.2, 0.25) is 0 Å². The van der Waals surface area contributed by atoms with E-state index in [0.29, 0.717) is 6.04 Å². The van der Waals surface area contributed by atoms with Crippen molar-refractivity contribution in [2.75, 3.05) is 16.8 Å². The molecule has 0 amide bonds. The zero-order valence-corrected chi connectivity index (χ0v) is 11.2. The minimum absolute atomic E-state index is 0.490. The predicted octanol–water partition coefficient (Wildman–Crippen LogP) is 3.22. The van der Waals surface area contributed by atoms with Crippen LogP contribution in [0, 0.1) is 0 Å². The Hall–Kier alpha value is -0.870. The number of hydrogen-bond donors (Lipinski definition) is 1. The smallest absolute Gasteiger partial charge is 0.0349 e. The van der Waals surface area contributed by atoms with E-state index in [4.69, 9.17) is 0 Å². The van der Waals surface area contributed by atoms with Crippen molar-refractivity contribution < 1.29 is 4.21 Å². The minimum Gasteiger partial charge on any atom is -0.382 e. The molecule has 1 saturated heterocycles. The molecule has 90 valence electrons. The Bertz CT molecular complexity index is 539. The van der Waals surface area contributed by atoms with Crippen LogP contribution in [0.4, 0.5) is 5.69 Å². The van der Waals surface area contributed by atoms with Crippen molar-refractivity contribution in [2.24, 2.45) is 0 Å². The molecule has 0 aliphatic carbocycles. The highest BCUT2D eigenvalue weighted by molar-refractivity contribution is 7.85. The van der Waals surface area contributed by atoms with Gasteiger partial charge in [-0.05, 0) is 47.9 Å². The first-order valence-electron chi connectivity index (χ1n) is 5.90. The summed E-state index contributed by atoms with van der Waals surface area (Å²) in [5.74, 6) is 1.69. The Kier molecular flexibility index (Phi) is 3.16. The second-order valence-corrected chi connectivity index (χ2v) is 7.08. The molecule has 1 aromatic carbocycles. The summed E-state index contributed by atoms with van der Waals surface area (Å²) in [7, 11) is -0.573. The van der Waals surface area contributed by atoms with E-state index in [1.54, 1.807) is 11.3 Å². The van der Waals surface area contributed by atoms with Crippen LogP contribution in [-0.4, -0.2) is 21.8 Å². The van der Waals surface area contributed by atoms with E-state index in [9.17, 15) is 4.21 Å². The van der Waals surface area contributed by atoms with Crippen molar-refractivity contribution in [3.05, 3.63) is 29.6 Å². The lowest BCUT2D eigenvalue weighted by Crippen LogP contribution is -2.29. The maximum Gasteiger partial charge on any atom is 0.0349 e. The maximum absolute atomic E-state index is 11.3. The number of rotatable bonds is 2. The normalized spacial score (nSPS) is 24.9. The average Bonchev–Trinajstić information content (AvgIpc) is 2.79. The van der Waals surface area contributed by atoms with E-state index in [1.807, 2.05) is 0 Å². The lowest BCUT2D eigenvalue weighted by atomic mass is 10.1. The van der Waals surface area contributed by atoms with Gasteiger partial charge >= 0.3 is 0 Å². The molecule has 1 aromatic heterocycles. The predicted molar refractivity (Wildman–Crippen MR) is 76.3 cm³/mol. The highest BCUT2D eigenvalue weighted by Gasteiger charge is 2.17. The molecule has 0 bridgehead atoms. The Morgan fingerprint density at radius 1 is 1.24 bits per heavy atom. The molecule has 2 nitrogen and oxygen atoms in total. The quantitative estimate of drug-likeness (QED) is 0.903. The maximum atomic E-state index is 11.3. The largest absolute Gasteiger partial charge is 0.382 e. The van der Waals surface area contributed by atoms with Crippen molar-refractivity contribution in [2.45, 2.75) is 18.9 Å². The molecule has 17 heavy (non-hydrogen) atoms. The van der Waals surface area contributed by atoms with Gasteiger partial charge in [-0.15, -0.1) is 11.3 Å². The molecular formula is C13H15NOS2. The van der Waals surface area contributed by atoms with Crippen LogP contribution >= 0.6 is 11.3 Å². The van der Waals surface area contributed by atoms with Crippen LogP contribution < -0.4 is 5.32 Å². The van der Waals surface area contributed by atoms with Crippen molar-refractivity contribution in [3.8, 4) is 0 Å². The van der Waals surface area contributed by atoms with E-state index in [-0.39, 0.29) is 0 Å². The topological polar surface area (TPSA) is 29.1 Å². The summed E-state index contributed by atoms with van der Waals surface area (Å²) in [5.41, 5.74) is 1.19. The summed E-state index contributed by atoms with van der Waals surface area (Å²) in [5, 5.41) is 6.98. The van der Waals surface area contributed by atoms with Crippen molar-refractivity contribution in [1.82, 2.24) is 0 Å². The fraction of sp³-hybridized carbons (Fsp3) is 0.385. The van der Waals surface area contributed by atoms with Gasteiger partial charge < -0.3 is 5.32 Å². The average molecular weight is 265 g/mol. The third kappa shape index (κ3) is 2.53. The highest BCUT2D eigenvalue weighted by atomic mass is 32.2. The van der Waals surface area contributed by atoms with Gasteiger partial charge in [0.25, 0.3) is 0 Å². The molecule has 2 heterocycles. The first kappa shape index (κ1) is 11.2. The van der Waals surface area contributed by atoms with Crippen molar-refractivity contribution in [3.63, 3.8) is 0 Å². The Balaban J connectivity index is 1.73. The lowest BCUT2D eigenvalue weighted by Gasteiger charge is -2.23. The van der Waals surface area contributed by atoms with Crippen LogP contribution in [0.25, 0.3) is 10.1 Å². The number of thiophene rings is 1. The number of fused-ring (bicyclic) bond motifs is 1. The van der Waals surface area contributed by atoms with Gasteiger partial charge in [-0.2, -0.15) is 0 Å². The molecule has 3 rings (SSSR count). The first-order chi connectivity index (χ1) is 8.31. The summed E-state index contributed by atoms with van der Waals surface area (Å²) in [6, 6.07) is 9.16. The Morgan fingerprint density at radius 2 is 2.06 bits per heavy atom. The summed E-state index contributed by atoms with van der Waals surface area (Å²) in [6.45, 7) is 0. The zero-order valence-electron chi connectivity index (χ0n) is 9.52. The molecule has 1 aliphatic heterocycles. The van der Waals surface area contributed by atoms with Crippen molar-refractivity contribution in [1.29, 1.82) is 0 Å². The zero-order chi connectivity index (χ0) is 11.7. The number of nitrogens with one attached hydrogen (secondary N) is 1. The summed E-state index contributed by atoms with van der Waals surface area (Å²) in [6.07, 6.45) is 2.04. The molecule has 0 spiro atoms.